The van der Waals surface area contributed by atoms with Crippen molar-refractivity contribution in [3.63, 3.8) is 0 Å². The lowest BCUT2D eigenvalue weighted by molar-refractivity contribution is 0.261. The monoisotopic (exact) mass is 161 g/mol. The van der Waals surface area contributed by atoms with Crippen molar-refractivity contribution in [3.8, 4) is 0 Å². The zero-order valence-corrected chi connectivity index (χ0v) is 7.56. The average molecular weight is 162 g/mol. The zero-order chi connectivity index (χ0) is 7.98. The molecule has 0 fully saturated rings. The van der Waals surface area contributed by atoms with Crippen LogP contribution >= 0.6 is 11.6 Å². The maximum absolute atomic E-state index is 5.60. The highest BCUT2D eigenvalue weighted by Crippen LogP contribution is 1.97. The molecule has 0 aromatic heterocycles. The molecule has 0 heterocycles. The van der Waals surface area contributed by atoms with Gasteiger partial charge in [0.2, 0.25) is 0 Å². The second kappa shape index (κ2) is 5.75. The molecule has 0 atom stereocenters. The Kier molecular flexibility index (Phi) is 5.74. The molecule has 0 rings (SSSR count). The van der Waals surface area contributed by atoms with E-state index in [1.807, 2.05) is 6.08 Å². The molecule has 0 saturated carbocycles. The normalized spacial score (nSPS) is 10.9. The topological polar surface area (TPSA) is 3.24 Å². The molecular weight excluding hydrogens is 146 g/mol. The first-order valence-electron chi connectivity index (χ1n) is 3.63. The highest BCUT2D eigenvalue weighted by Gasteiger charge is 2.04. The van der Waals surface area contributed by atoms with Gasteiger partial charge in [-0.05, 0) is 13.8 Å². The molecule has 0 radical (unpaired) electrons. The number of rotatable bonds is 5. The van der Waals surface area contributed by atoms with Crippen molar-refractivity contribution in [2.24, 2.45) is 0 Å². The minimum atomic E-state index is 0.566. The maximum atomic E-state index is 5.60. The molecule has 0 aliphatic carbocycles. The van der Waals surface area contributed by atoms with E-state index in [1.165, 1.54) is 0 Å². The zero-order valence-electron chi connectivity index (χ0n) is 6.81. The van der Waals surface area contributed by atoms with Gasteiger partial charge in [-0.3, -0.25) is 4.90 Å². The molecule has 2 heteroatoms. The molecule has 0 amide bonds. The summed E-state index contributed by atoms with van der Waals surface area (Å²) >= 11 is 5.60. The highest BCUT2D eigenvalue weighted by molar-refractivity contribution is 6.18. The average Bonchev–Trinajstić information content (AvgIpc) is 1.87. The lowest BCUT2D eigenvalue weighted by atomic mass is 10.3. The third-order valence-corrected chi connectivity index (χ3v) is 1.63. The van der Waals surface area contributed by atoms with Crippen molar-refractivity contribution >= 4 is 11.6 Å². The lowest BCUT2D eigenvalue weighted by Crippen LogP contribution is -2.32. The van der Waals surface area contributed by atoms with Crippen LogP contribution in [-0.4, -0.2) is 29.9 Å². The van der Waals surface area contributed by atoms with Crippen molar-refractivity contribution < 1.29 is 0 Å². The van der Waals surface area contributed by atoms with E-state index in [2.05, 4.69) is 25.3 Å². The Balaban J connectivity index is 3.60. The van der Waals surface area contributed by atoms with Gasteiger partial charge in [-0.25, -0.2) is 0 Å². The molecule has 0 aromatic rings. The summed E-state index contributed by atoms with van der Waals surface area (Å²) in [5, 5.41) is 0. The van der Waals surface area contributed by atoms with Crippen LogP contribution in [0.4, 0.5) is 0 Å². The highest BCUT2D eigenvalue weighted by atomic mass is 35.5. The Morgan fingerprint density at radius 1 is 1.60 bits per heavy atom. The Labute approximate surface area is 68.7 Å². The number of halogens is 1. The fourth-order valence-electron chi connectivity index (χ4n) is 0.835. The van der Waals surface area contributed by atoms with E-state index >= 15 is 0 Å². The van der Waals surface area contributed by atoms with Crippen molar-refractivity contribution in [2.45, 2.75) is 19.9 Å². The Bertz CT molecular complexity index is 91.3. The molecule has 0 aromatic carbocycles. The van der Waals surface area contributed by atoms with E-state index in [9.17, 15) is 0 Å². The van der Waals surface area contributed by atoms with Crippen LogP contribution in [0.15, 0.2) is 12.7 Å². The summed E-state index contributed by atoms with van der Waals surface area (Å²) in [5.41, 5.74) is 0. The predicted octanol–water partition coefficient (Wildman–Crippen LogP) is 2.12. The van der Waals surface area contributed by atoms with Gasteiger partial charge in [0, 0.05) is 25.0 Å². The summed E-state index contributed by atoms with van der Waals surface area (Å²) in [5.74, 6) is 0.700. The Hall–Kier alpha value is -0.0100. The fraction of sp³-hybridized carbons (Fsp3) is 0.750. The van der Waals surface area contributed by atoms with Crippen LogP contribution in [-0.2, 0) is 0 Å². The second-order valence-electron chi connectivity index (χ2n) is 2.57. The largest absolute Gasteiger partial charge is 0.296 e. The molecule has 0 saturated heterocycles. The van der Waals surface area contributed by atoms with E-state index in [0.29, 0.717) is 11.9 Å². The predicted molar refractivity (Wildman–Crippen MR) is 47.6 cm³/mol. The summed E-state index contributed by atoms with van der Waals surface area (Å²) in [4.78, 5) is 2.28. The van der Waals surface area contributed by atoms with E-state index < -0.39 is 0 Å². The quantitative estimate of drug-likeness (QED) is 0.441. The van der Waals surface area contributed by atoms with Crippen LogP contribution in [0.25, 0.3) is 0 Å². The van der Waals surface area contributed by atoms with Crippen LogP contribution in [0, 0.1) is 0 Å². The summed E-state index contributed by atoms with van der Waals surface area (Å²) in [6.45, 7) is 9.89. The van der Waals surface area contributed by atoms with Gasteiger partial charge in [0.1, 0.15) is 0 Å². The Morgan fingerprint density at radius 2 is 2.20 bits per heavy atom. The van der Waals surface area contributed by atoms with Crippen molar-refractivity contribution in [1.82, 2.24) is 4.90 Å². The number of alkyl halides is 1. The van der Waals surface area contributed by atoms with Crippen molar-refractivity contribution in [1.29, 1.82) is 0 Å². The molecule has 0 bridgehead atoms. The van der Waals surface area contributed by atoms with Gasteiger partial charge < -0.3 is 0 Å². The summed E-state index contributed by atoms with van der Waals surface area (Å²) in [6, 6.07) is 0.566. The molecule has 0 aliphatic heterocycles. The van der Waals surface area contributed by atoms with E-state index in [-0.39, 0.29) is 0 Å². The molecule has 0 spiro atoms. The molecule has 1 nitrogen and oxygen atoms in total. The maximum Gasteiger partial charge on any atom is 0.0351 e. The molecule has 0 N–H and O–H groups in total. The van der Waals surface area contributed by atoms with E-state index in [0.717, 1.165) is 13.1 Å². The van der Waals surface area contributed by atoms with Crippen LogP contribution in [0.3, 0.4) is 0 Å². The van der Waals surface area contributed by atoms with Gasteiger partial charge in [0.25, 0.3) is 0 Å². The number of hydrogen-bond acceptors (Lipinski definition) is 1. The molecular formula is C8H16ClN. The smallest absolute Gasteiger partial charge is 0.0351 e. The molecule has 10 heavy (non-hydrogen) atoms. The van der Waals surface area contributed by atoms with Crippen molar-refractivity contribution in [3.05, 3.63) is 12.7 Å². The second-order valence-corrected chi connectivity index (χ2v) is 2.94. The van der Waals surface area contributed by atoms with Gasteiger partial charge >= 0.3 is 0 Å². The summed E-state index contributed by atoms with van der Waals surface area (Å²) in [6.07, 6.45) is 1.91. The SMILES string of the molecule is C=CCN(CCCl)C(C)C. The van der Waals surface area contributed by atoms with Gasteiger partial charge in [0.05, 0.1) is 0 Å². The van der Waals surface area contributed by atoms with E-state index in [4.69, 9.17) is 11.6 Å². The van der Waals surface area contributed by atoms with Crippen LogP contribution in [0.5, 0.6) is 0 Å². The van der Waals surface area contributed by atoms with Gasteiger partial charge in [-0.2, -0.15) is 0 Å². The van der Waals surface area contributed by atoms with Crippen LogP contribution in [0.2, 0.25) is 0 Å². The minimum absolute atomic E-state index is 0.566. The standard InChI is InChI=1S/C8H16ClN/c1-4-6-10(7-5-9)8(2)3/h4,8H,1,5-7H2,2-3H3. The first-order valence-corrected chi connectivity index (χ1v) is 4.16. The third-order valence-electron chi connectivity index (χ3n) is 1.47. The van der Waals surface area contributed by atoms with Crippen LogP contribution in [0.1, 0.15) is 13.8 Å². The molecule has 60 valence electrons. The molecule has 0 aliphatic rings. The van der Waals surface area contributed by atoms with Crippen LogP contribution < -0.4 is 0 Å². The van der Waals surface area contributed by atoms with Crippen molar-refractivity contribution in [2.75, 3.05) is 19.0 Å². The van der Waals surface area contributed by atoms with Gasteiger partial charge in [-0.1, -0.05) is 6.08 Å². The first kappa shape index (κ1) is 9.99. The lowest BCUT2D eigenvalue weighted by Gasteiger charge is -2.23. The minimum Gasteiger partial charge on any atom is -0.296 e. The summed E-state index contributed by atoms with van der Waals surface area (Å²) in [7, 11) is 0. The first-order chi connectivity index (χ1) is 4.72. The summed E-state index contributed by atoms with van der Waals surface area (Å²) < 4.78 is 0. The third kappa shape index (κ3) is 3.91. The fourth-order valence-corrected chi connectivity index (χ4v) is 1.05. The number of nitrogens with zero attached hydrogens (tertiary/aromatic N) is 1. The van der Waals surface area contributed by atoms with Gasteiger partial charge in [0.15, 0.2) is 0 Å². The number of hydrogen-bond donors (Lipinski definition) is 0. The molecule has 0 unspecified atom stereocenters. The van der Waals surface area contributed by atoms with E-state index in [1.54, 1.807) is 0 Å². The van der Waals surface area contributed by atoms with Gasteiger partial charge in [-0.15, -0.1) is 18.2 Å². The Morgan fingerprint density at radius 3 is 2.50 bits per heavy atom.